The molecule has 0 aromatic heterocycles. The van der Waals surface area contributed by atoms with E-state index in [0.29, 0.717) is 0 Å². The van der Waals surface area contributed by atoms with Crippen molar-refractivity contribution in [3.63, 3.8) is 0 Å². The Kier molecular flexibility index (Phi) is 2.10. The Morgan fingerprint density at radius 1 is 1.23 bits per heavy atom. The lowest BCUT2D eigenvalue weighted by molar-refractivity contribution is 0.402. The molecule has 2 nitrogen and oxygen atoms in total. The van der Waals surface area contributed by atoms with Gasteiger partial charge in [-0.15, -0.1) is 0 Å². The monoisotopic (exact) mass is 180 g/mol. The van der Waals surface area contributed by atoms with Crippen molar-refractivity contribution in [1.82, 2.24) is 0 Å². The molecule has 1 saturated carbocycles. The maximum atomic E-state index is 12.5. The fourth-order valence-corrected chi connectivity index (χ4v) is 1.64. The van der Waals surface area contributed by atoms with Crippen LogP contribution in [0, 0.1) is 5.82 Å². The van der Waals surface area contributed by atoms with E-state index in [1.54, 1.807) is 12.1 Å². The Morgan fingerprint density at radius 3 is 2.31 bits per heavy atom. The zero-order valence-electron chi connectivity index (χ0n) is 7.02. The van der Waals surface area contributed by atoms with Crippen molar-refractivity contribution >= 4 is 7.12 Å². The summed E-state index contributed by atoms with van der Waals surface area (Å²) >= 11 is 0. The summed E-state index contributed by atoms with van der Waals surface area (Å²) in [4.78, 5) is 0. The molecule has 2 rings (SSSR count). The number of rotatable bonds is 2. The Labute approximate surface area is 76.2 Å². The average Bonchev–Trinajstić information content (AvgIpc) is 2.85. The van der Waals surface area contributed by atoms with E-state index in [9.17, 15) is 4.39 Å². The highest BCUT2D eigenvalue weighted by molar-refractivity contribution is 6.44. The zero-order chi connectivity index (χ0) is 9.42. The molecular formula is C9H10BFO2. The van der Waals surface area contributed by atoms with Gasteiger partial charge in [0, 0.05) is 5.82 Å². The minimum atomic E-state index is -1.24. The van der Waals surface area contributed by atoms with Gasteiger partial charge in [-0.2, -0.15) is 0 Å². The fourth-order valence-electron chi connectivity index (χ4n) is 1.64. The molecule has 0 unspecified atom stereocenters. The first kappa shape index (κ1) is 8.72. The van der Waals surface area contributed by atoms with Gasteiger partial charge >= 0.3 is 7.12 Å². The van der Waals surface area contributed by atoms with Gasteiger partial charge in [-0.25, -0.2) is 4.39 Å². The van der Waals surface area contributed by atoms with Crippen LogP contribution in [0.5, 0.6) is 0 Å². The van der Waals surface area contributed by atoms with E-state index in [1.165, 1.54) is 12.1 Å². The molecule has 4 heteroatoms. The lowest BCUT2D eigenvalue weighted by atomic mass is 9.81. The van der Waals surface area contributed by atoms with Crippen LogP contribution in [0.3, 0.4) is 0 Å². The van der Waals surface area contributed by atoms with Gasteiger partial charge in [-0.3, -0.25) is 0 Å². The molecule has 0 amide bonds. The van der Waals surface area contributed by atoms with E-state index in [0.717, 1.165) is 12.0 Å². The van der Waals surface area contributed by atoms with E-state index < -0.39 is 7.12 Å². The predicted octanol–water partition coefficient (Wildman–Crippen LogP) is 1.16. The summed E-state index contributed by atoms with van der Waals surface area (Å²) in [5, 5.41) is 17.7. The van der Waals surface area contributed by atoms with E-state index in [1.807, 2.05) is 0 Å². The Balaban J connectivity index is 2.08. The average molecular weight is 180 g/mol. The molecule has 0 radical (unpaired) electrons. The van der Waals surface area contributed by atoms with Gasteiger partial charge in [0.05, 0.1) is 0 Å². The number of hydrogen-bond acceptors (Lipinski definition) is 2. The van der Waals surface area contributed by atoms with Crippen LogP contribution in [0.4, 0.5) is 4.39 Å². The molecule has 1 fully saturated rings. The number of hydrogen-bond donors (Lipinski definition) is 2. The Hall–Kier alpha value is -0.865. The van der Waals surface area contributed by atoms with Crippen molar-refractivity contribution in [2.45, 2.75) is 18.2 Å². The SMILES string of the molecule is OB(O)[C@@H]1C[C@H]1c1ccc(F)cc1. The van der Waals surface area contributed by atoms with Crippen molar-refractivity contribution < 1.29 is 14.4 Å². The normalized spacial score (nSPS) is 25.8. The van der Waals surface area contributed by atoms with Gasteiger partial charge in [0.25, 0.3) is 0 Å². The van der Waals surface area contributed by atoms with Crippen molar-refractivity contribution in [3.8, 4) is 0 Å². The molecule has 1 aromatic rings. The molecule has 1 aliphatic carbocycles. The first-order valence-corrected chi connectivity index (χ1v) is 4.30. The van der Waals surface area contributed by atoms with Crippen LogP contribution in [0.2, 0.25) is 5.82 Å². The van der Waals surface area contributed by atoms with Crippen LogP contribution in [0.25, 0.3) is 0 Å². The maximum absolute atomic E-state index is 12.5. The van der Waals surface area contributed by atoms with Gasteiger partial charge in [0.15, 0.2) is 0 Å². The Bertz CT molecular complexity index is 299. The van der Waals surface area contributed by atoms with Crippen LogP contribution in [-0.4, -0.2) is 17.2 Å². The summed E-state index contributed by atoms with van der Waals surface area (Å²) in [6.45, 7) is 0. The predicted molar refractivity (Wildman–Crippen MR) is 47.7 cm³/mol. The van der Waals surface area contributed by atoms with Gasteiger partial charge in [0.2, 0.25) is 0 Å². The van der Waals surface area contributed by atoms with E-state index in [-0.39, 0.29) is 17.6 Å². The van der Waals surface area contributed by atoms with Crippen molar-refractivity contribution in [2.24, 2.45) is 0 Å². The summed E-state index contributed by atoms with van der Waals surface area (Å²) < 4.78 is 12.5. The van der Waals surface area contributed by atoms with Crippen molar-refractivity contribution in [1.29, 1.82) is 0 Å². The molecule has 2 atom stereocenters. The van der Waals surface area contributed by atoms with Gasteiger partial charge in [0.1, 0.15) is 5.82 Å². The molecule has 1 aromatic carbocycles. The molecule has 68 valence electrons. The molecule has 2 N–H and O–H groups in total. The van der Waals surface area contributed by atoms with Crippen LogP contribution < -0.4 is 0 Å². The second-order valence-electron chi connectivity index (χ2n) is 3.47. The molecule has 0 spiro atoms. The Morgan fingerprint density at radius 2 is 1.85 bits per heavy atom. The minimum absolute atomic E-state index is 0.0644. The van der Waals surface area contributed by atoms with Gasteiger partial charge < -0.3 is 10.0 Å². The summed E-state index contributed by atoms with van der Waals surface area (Å²) in [5.74, 6) is -0.128. The van der Waals surface area contributed by atoms with E-state index >= 15 is 0 Å². The summed E-state index contributed by atoms with van der Waals surface area (Å²) in [6, 6.07) is 6.19. The minimum Gasteiger partial charge on any atom is -0.427 e. The van der Waals surface area contributed by atoms with Crippen LogP contribution >= 0.6 is 0 Å². The number of halogens is 1. The van der Waals surface area contributed by atoms with Gasteiger partial charge in [-0.05, 0) is 30.0 Å². The standard InChI is InChI=1S/C9H10BFO2/c11-7-3-1-6(2-4-7)8-5-9(8)10(12)13/h1-4,8-9,12-13H,5H2/t8-,9+/m0/s1. The van der Waals surface area contributed by atoms with Gasteiger partial charge in [-0.1, -0.05) is 12.1 Å². The highest BCUT2D eigenvalue weighted by atomic mass is 19.1. The lowest BCUT2D eigenvalue weighted by Gasteiger charge is -1.99. The first-order chi connectivity index (χ1) is 6.18. The van der Waals surface area contributed by atoms with Crippen LogP contribution in [0.15, 0.2) is 24.3 Å². The molecule has 13 heavy (non-hydrogen) atoms. The quantitative estimate of drug-likeness (QED) is 0.670. The molecule has 0 saturated heterocycles. The highest BCUT2D eigenvalue weighted by Crippen LogP contribution is 2.53. The molecule has 0 bridgehead atoms. The first-order valence-electron chi connectivity index (χ1n) is 4.30. The third kappa shape index (κ3) is 1.74. The zero-order valence-corrected chi connectivity index (χ0v) is 7.02. The van der Waals surface area contributed by atoms with E-state index in [4.69, 9.17) is 10.0 Å². The number of benzene rings is 1. The second kappa shape index (κ2) is 3.12. The van der Waals surface area contributed by atoms with Crippen LogP contribution in [-0.2, 0) is 0 Å². The third-order valence-corrected chi connectivity index (χ3v) is 2.52. The summed E-state index contributed by atoms with van der Waals surface area (Å²) in [5.41, 5.74) is 0.986. The van der Waals surface area contributed by atoms with Crippen molar-refractivity contribution in [2.75, 3.05) is 0 Å². The highest BCUT2D eigenvalue weighted by Gasteiger charge is 2.46. The fraction of sp³-hybridized carbons (Fsp3) is 0.333. The van der Waals surface area contributed by atoms with Crippen LogP contribution in [0.1, 0.15) is 17.9 Å². The molecule has 1 aliphatic rings. The molecular weight excluding hydrogens is 170 g/mol. The third-order valence-electron chi connectivity index (χ3n) is 2.52. The molecule has 0 aliphatic heterocycles. The summed E-state index contributed by atoms with van der Waals surface area (Å²) in [7, 11) is -1.24. The molecule has 0 heterocycles. The largest absolute Gasteiger partial charge is 0.455 e. The second-order valence-corrected chi connectivity index (χ2v) is 3.47. The van der Waals surface area contributed by atoms with E-state index in [2.05, 4.69) is 0 Å². The topological polar surface area (TPSA) is 40.5 Å². The summed E-state index contributed by atoms with van der Waals surface area (Å²) in [6.07, 6.45) is 0.781. The van der Waals surface area contributed by atoms with Crippen molar-refractivity contribution in [3.05, 3.63) is 35.6 Å². The lowest BCUT2D eigenvalue weighted by Crippen LogP contribution is -2.11. The maximum Gasteiger partial charge on any atom is 0.455 e. The smallest absolute Gasteiger partial charge is 0.427 e.